The third-order valence-corrected chi connectivity index (χ3v) is 6.24. The lowest BCUT2D eigenvalue weighted by atomic mass is 10.2. The van der Waals surface area contributed by atoms with Gasteiger partial charge in [-0.05, 0) is 61.0 Å². The molecular weight excluding hydrogens is 463 g/mol. The minimum atomic E-state index is -0.314. The molecule has 0 radical (unpaired) electrons. The van der Waals surface area contributed by atoms with Gasteiger partial charge in [-0.3, -0.25) is 9.36 Å². The van der Waals surface area contributed by atoms with Crippen molar-refractivity contribution in [1.82, 2.24) is 19.7 Å². The van der Waals surface area contributed by atoms with Crippen LogP contribution < -0.4 is 0 Å². The van der Waals surface area contributed by atoms with Crippen LogP contribution in [-0.4, -0.2) is 37.9 Å². The summed E-state index contributed by atoms with van der Waals surface area (Å²) < 4.78 is 21.0. The van der Waals surface area contributed by atoms with Crippen molar-refractivity contribution in [3.8, 4) is 11.4 Å². The molecule has 2 aromatic heterocycles. The third kappa shape index (κ3) is 5.83. The van der Waals surface area contributed by atoms with Crippen molar-refractivity contribution in [2.45, 2.75) is 25.2 Å². The zero-order valence-electron chi connectivity index (χ0n) is 17.9. The lowest BCUT2D eigenvalue weighted by Gasteiger charge is -2.21. The van der Waals surface area contributed by atoms with Crippen molar-refractivity contribution in [1.29, 1.82) is 0 Å². The molecule has 0 N–H and O–H groups in total. The molecule has 4 aromatic rings. The van der Waals surface area contributed by atoms with Crippen LogP contribution in [0.3, 0.4) is 0 Å². The first-order valence-electron chi connectivity index (χ1n) is 10.4. The number of thioether (sulfide) groups is 1. The zero-order valence-corrected chi connectivity index (χ0v) is 19.5. The highest BCUT2D eigenvalue weighted by atomic mass is 35.5. The molecule has 6 nitrogen and oxygen atoms in total. The van der Waals surface area contributed by atoms with Crippen molar-refractivity contribution >= 4 is 29.3 Å². The number of amides is 1. The second-order valence-corrected chi connectivity index (χ2v) is 8.68. The van der Waals surface area contributed by atoms with E-state index in [4.69, 9.17) is 16.0 Å². The fourth-order valence-electron chi connectivity index (χ4n) is 3.36. The number of hydrogen-bond donors (Lipinski definition) is 0. The monoisotopic (exact) mass is 484 g/mol. The number of halogens is 2. The predicted molar refractivity (Wildman–Crippen MR) is 126 cm³/mol. The molecule has 2 aromatic carbocycles. The minimum Gasteiger partial charge on any atom is -0.467 e. The van der Waals surface area contributed by atoms with Crippen LogP contribution in [0, 0.1) is 5.82 Å². The molecule has 170 valence electrons. The number of carbonyl (C=O) groups is 1. The Bertz CT molecular complexity index is 1210. The van der Waals surface area contributed by atoms with Gasteiger partial charge in [-0.1, -0.05) is 35.5 Å². The van der Waals surface area contributed by atoms with Crippen LogP contribution in [0.4, 0.5) is 4.39 Å². The lowest BCUT2D eigenvalue weighted by molar-refractivity contribution is -0.128. The van der Waals surface area contributed by atoms with Crippen molar-refractivity contribution < 1.29 is 13.6 Å². The van der Waals surface area contributed by atoms with Crippen LogP contribution in [0.5, 0.6) is 0 Å². The van der Waals surface area contributed by atoms with Gasteiger partial charge in [0.2, 0.25) is 5.91 Å². The summed E-state index contributed by atoms with van der Waals surface area (Å²) in [6.45, 7) is 3.20. The standard InChI is InChI=1S/C24H22ClFN4O2S/c1-2-29(14-17-5-3-6-20(26)13-17)22(31)16-33-24-28-27-23(18-8-10-19(25)11-9-18)30(24)15-21-7-4-12-32-21/h3-13H,2,14-16H2,1H3. The summed E-state index contributed by atoms with van der Waals surface area (Å²) >= 11 is 7.34. The maximum absolute atomic E-state index is 13.5. The van der Waals surface area contributed by atoms with E-state index in [1.54, 1.807) is 29.4 Å². The SMILES string of the molecule is CCN(Cc1cccc(F)c1)C(=O)CSc1nnc(-c2ccc(Cl)cc2)n1Cc1ccco1. The van der Waals surface area contributed by atoms with Crippen LogP contribution in [0.2, 0.25) is 5.02 Å². The quantitative estimate of drug-likeness (QED) is 0.293. The molecule has 2 heterocycles. The summed E-state index contributed by atoms with van der Waals surface area (Å²) in [7, 11) is 0. The molecule has 0 atom stereocenters. The molecule has 0 saturated carbocycles. The van der Waals surface area contributed by atoms with Gasteiger partial charge in [-0.2, -0.15) is 0 Å². The number of hydrogen-bond acceptors (Lipinski definition) is 5. The topological polar surface area (TPSA) is 64.2 Å². The molecular formula is C24H22ClFN4O2S. The highest BCUT2D eigenvalue weighted by Gasteiger charge is 2.19. The molecule has 1 amide bonds. The average Bonchev–Trinajstić information content (AvgIpc) is 3.47. The Morgan fingerprint density at radius 3 is 2.67 bits per heavy atom. The summed E-state index contributed by atoms with van der Waals surface area (Å²) in [6.07, 6.45) is 1.61. The van der Waals surface area contributed by atoms with E-state index in [0.717, 1.165) is 16.9 Å². The van der Waals surface area contributed by atoms with E-state index in [-0.39, 0.29) is 17.5 Å². The molecule has 9 heteroatoms. The van der Waals surface area contributed by atoms with Gasteiger partial charge in [0, 0.05) is 23.7 Å². The average molecular weight is 485 g/mol. The Hall–Kier alpha value is -3.10. The predicted octanol–water partition coefficient (Wildman–Crippen LogP) is 5.52. The molecule has 33 heavy (non-hydrogen) atoms. The van der Waals surface area contributed by atoms with Crippen molar-refractivity contribution in [2.24, 2.45) is 0 Å². The van der Waals surface area contributed by atoms with Crippen LogP contribution in [0.15, 0.2) is 76.5 Å². The highest BCUT2D eigenvalue weighted by Crippen LogP contribution is 2.26. The Balaban J connectivity index is 1.51. The van der Waals surface area contributed by atoms with E-state index in [9.17, 15) is 9.18 Å². The second kappa shape index (κ2) is 10.7. The van der Waals surface area contributed by atoms with Gasteiger partial charge >= 0.3 is 0 Å². The van der Waals surface area contributed by atoms with E-state index in [0.29, 0.717) is 35.6 Å². The summed E-state index contributed by atoms with van der Waals surface area (Å²) in [5.41, 5.74) is 1.61. The summed E-state index contributed by atoms with van der Waals surface area (Å²) in [5.74, 6) is 1.21. The zero-order chi connectivity index (χ0) is 23.2. The van der Waals surface area contributed by atoms with E-state index in [2.05, 4.69) is 10.2 Å². The van der Waals surface area contributed by atoms with E-state index in [1.807, 2.05) is 41.8 Å². The van der Waals surface area contributed by atoms with Gasteiger partial charge in [-0.25, -0.2) is 4.39 Å². The van der Waals surface area contributed by atoms with Gasteiger partial charge in [-0.15, -0.1) is 10.2 Å². The van der Waals surface area contributed by atoms with E-state index < -0.39 is 0 Å². The number of aromatic nitrogens is 3. The van der Waals surface area contributed by atoms with Crippen molar-refractivity contribution in [3.63, 3.8) is 0 Å². The second-order valence-electron chi connectivity index (χ2n) is 7.31. The first-order chi connectivity index (χ1) is 16.0. The largest absolute Gasteiger partial charge is 0.467 e. The highest BCUT2D eigenvalue weighted by molar-refractivity contribution is 7.99. The molecule has 4 rings (SSSR count). The Morgan fingerprint density at radius 2 is 1.97 bits per heavy atom. The van der Waals surface area contributed by atoms with Crippen molar-refractivity contribution in [2.75, 3.05) is 12.3 Å². The van der Waals surface area contributed by atoms with Crippen LogP contribution in [-0.2, 0) is 17.9 Å². The molecule has 0 aliphatic carbocycles. The van der Waals surface area contributed by atoms with Gasteiger partial charge < -0.3 is 9.32 Å². The molecule has 0 aliphatic heterocycles. The van der Waals surface area contributed by atoms with E-state index >= 15 is 0 Å². The Morgan fingerprint density at radius 1 is 1.15 bits per heavy atom. The minimum absolute atomic E-state index is 0.0626. The number of nitrogens with zero attached hydrogens (tertiary/aromatic N) is 4. The molecule has 0 aliphatic rings. The number of carbonyl (C=O) groups excluding carboxylic acids is 1. The van der Waals surface area contributed by atoms with Crippen molar-refractivity contribution in [3.05, 3.63) is 89.1 Å². The first kappa shape index (κ1) is 23.1. The summed E-state index contributed by atoms with van der Waals surface area (Å²) in [6, 6.07) is 17.3. The molecule has 0 fully saturated rings. The molecule has 0 bridgehead atoms. The maximum Gasteiger partial charge on any atom is 0.233 e. The third-order valence-electron chi connectivity index (χ3n) is 5.03. The van der Waals surface area contributed by atoms with Crippen LogP contribution in [0.25, 0.3) is 11.4 Å². The normalized spacial score (nSPS) is 11.0. The Labute approximate surface area is 200 Å². The Kier molecular flexibility index (Phi) is 7.47. The number of rotatable bonds is 9. The molecule has 0 unspecified atom stereocenters. The van der Waals surface area contributed by atoms with Crippen LogP contribution in [0.1, 0.15) is 18.2 Å². The fraction of sp³-hybridized carbons (Fsp3) is 0.208. The number of furan rings is 1. The fourth-order valence-corrected chi connectivity index (χ4v) is 4.33. The van der Waals surface area contributed by atoms with Gasteiger partial charge in [0.25, 0.3) is 0 Å². The maximum atomic E-state index is 13.5. The van der Waals surface area contributed by atoms with Gasteiger partial charge in [0.05, 0.1) is 18.6 Å². The number of benzene rings is 2. The van der Waals surface area contributed by atoms with Crippen LogP contribution >= 0.6 is 23.4 Å². The van der Waals surface area contributed by atoms with Gasteiger partial charge in [0.15, 0.2) is 11.0 Å². The van der Waals surface area contributed by atoms with E-state index in [1.165, 1.54) is 23.9 Å². The smallest absolute Gasteiger partial charge is 0.233 e. The summed E-state index contributed by atoms with van der Waals surface area (Å²) in [4.78, 5) is 14.6. The molecule has 0 saturated heterocycles. The first-order valence-corrected chi connectivity index (χ1v) is 11.8. The van der Waals surface area contributed by atoms with Gasteiger partial charge in [0.1, 0.15) is 11.6 Å². The molecule has 0 spiro atoms. The lowest BCUT2D eigenvalue weighted by Crippen LogP contribution is -2.31. The summed E-state index contributed by atoms with van der Waals surface area (Å²) in [5, 5.41) is 9.92.